The largest absolute Gasteiger partial charge is 0.384 e. The molecule has 0 saturated carbocycles. The van der Waals surface area contributed by atoms with Gasteiger partial charge in [0.05, 0.1) is 61.7 Å². The van der Waals surface area contributed by atoms with E-state index in [1.54, 1.807) is 18.3 Å². The molecular formula is C27H36BrN9O7. The van der Waals surface area contributed by atoms with Crippen LogP contribution >= 0.6 is 15.9 Å². The van der Waals surface area contributed by atoms with E-state index in [1.807, 2.05) is 12.1 Å². The van der Waals surface area contributed by atoms with E-state index < -0.39 is 9.85 Å². The van der Waals surface area contributed by atoms with Crippen LogP contribution in [0.1, 0.15) is 0 Å². The lowest BCUT2D eigenvalue weighted by Gasteiger charge is -2.28. The molecule has 0 amide bonds. The number of nitrogens with one attached hydrogen (secondary N) is 1. The Balaban J connectivity index is 0.000000167. The van der Waals surface area contributed by atoms with Gasteiger partial charge >= 0.3 is 11.6 Å². The van der Waals surface area contributed by atoms with Crippen molar-refractivity contribution < 1.29 is 24.1 Å². The van der Waals surface area contributed by atoms with Gasteiger partial charge in [-0.2, -0.15) is 0 Å². The summed E-state index contributed by atoms with van der Waals surface area (Å²) in [6, 6.07) is 9.87. The molecule has 3 fully saturated rings. The molecule has 3 aliphatic rings. The number of nitrogens with zero attached hydrogens (tertiary/aromatic N) is 7. The van der Waals surface area contributed by atoms with Crippen LogP contribution in [0.25, 0.3) is 0 Å². The lowest BCUT2D eigenvalue weighted by molar-refractivity contribution is -0.389. The molecule has 0 radical (unpaired) electrons. The molecule has 3 aromatic heterocycles. The van der Waals surface area contributed by atoms with E-state index in [0.29, 0.717) is 19.0 Å². The number of hydrogen-bond acceptors (Lipinski definition) is 14. The number of hydrogen-bond donors (Lipinski definition) is 2. The fourth-order valence-corrected chi connectivity index (χ4v) is 4.13. The topological polar surface area (TPSA) is 197 Å². The predicted molar refractivity (Wildman–Crippen MR) is 168 cm³/mol. The second-order valence-electron chi connectivity index (χ2n) is 9.23. The molecule has 44 heavy (non-hydrogen) atoms. The van der Waals surface area contributed by atoms with Crippen LogP contribution in [0.15, 0.2) is 59.5 Å². The Morgan fingerprint density at radius 3 is 1.48 bits per heavy atom. The van der Waals surface area contributed by atoms with Crippen LogP contribution in [0.5, 0.6) is 0 Å². The summed E-state index contributed by atoms with van der Waals surface area (Å²) in [4.78, 5) is 35.1. The summed E-state index contributed by atoms with van der Waals surface area (Å²) in [6.45, 7) is 10.3. The molecule has 0 spiro atoms. The van der Waals surface area contributed by atoms with Gasteiger partial charge in [0, 0.05) is 51.4 Å². The van der Waals surface area contributed by atoms with Crippen molar-refractivity contribution in [3.63, 3.8) is 0 Å². The molecule has 0 atom stereocenters. The average Bonchev–Trinajstić information content (AvgIpc) is 3.08. The molecule has 0 aliphatic carbocycles. The number of morpholine rings is 3. The minimum Gasteiger partial charge on any atom is -0.384 e. The van der Waals surface area contributed by atoms with Gasteiger partial charge in [0.15, 0.2) is 12.4 Å². The van der Waals surface area contributed by atoms with Crippen molar-refractivity contribution in [3.05, 3.63) is 79.7 Å². The van der Waals surface area contributed by atoms with Crippen molar-refractivity contribution >= 4 is 44.8 Å². The molecule has 238 valence electrons. The molecule has 3 aliphatic heterocycles. The number of halogens is 1. The highest BCUT2D eigenvalue weighted by Crippen LogP contribution is 2.17. The fraction of sp³-hybridized carbons (Fsp3) is 0.444. The highest BCUT2D eigenvalue weighted by atomic mass is 79.9. The Kier molecular flexibility index (Phi) is 15.1. The lowest BCUT2D eigenvalue weighted by Crippen LogP contribution is -2.36. The molecule has 16 nitrogen and oxygen atoms in total. The van der Waals surface area contributed by atoms with E-state index in [-0.39, 0.29) is 11.6 Å². The van der Waals surface area contributed by atoms with Gasteiger partial charge in [0.2, 0.25) is 0 Å². The monoisotopic (exact) mass is 677 g/mol. The fourth-order valence-electron chi connectivity index (χ4n) is 3.89. The molecule has 3 aromatic rings. The standard InChI is InChI=1S/C9H11N3O3.C9H13N3O.C5H3BrN2O2.C4H9NO/c13-12(14)9-2-1-8(7-10-9)11-3-5-15-6-4-11;10-9-2-1-8(7-11-9)12-3-5-13-6-4-12;6-4-1-2-5(7-3-4)8(9)10;1-3-6-4-2-5-1/h1-2,7H,3-6H2;1-2,7H,3-6H2,(H2,10,11);1-3H;5H,1-4H2. The first-order valence-corrected chi connectivity index (χ1v) is 14.6. The minimum atomic E-state index is -0.535. The predicted octanol–water partition coefficient (Wildman–Crippen LogP) is 2.69. The SMILES string of the molecule is C1COCCN1.Nc1ccc(N2CCOCC2)cn1.O=[N+]([O-])c1ccc(Br)cn1.O=[N+]([O-])c1ccc(N2CCOCC2)cn1. The van der Waals surface area contributed by atoms with E-state index >= 15 is 0 Å². The molecule has 6 heterocycles. The second-order valence-corrected chi connectivity index (χ2v) is 10.1. The summed E-state index contributed by atoms with van der Waals surface area (Å²) in [6.07, 6.45) is 4.72. The van der Waals surface area contributed by atoms with Crippen LogP contribution in [-0.4, -0.2) is 104 Å². The van der Waals surface area contributed by atoms with Crippen molar-refractivity contribution in [2.24, 2.45) is 0 Å². The summed E-state index contributed by atoms with van der Waals surface area (Å²) in [7, 11) is 0. The Morgan fingerprint density at radius 2 is 1.14 bits per heavy atom. The Bertz CT molecular complexity index is 1240. The first-order chi connectivity index (χ1) is 21.3. The van der Waals surface area contributed by atoms with E-state index in [0.717, 1.165) is 81.5 Å². The minimum absolute atomic E-state index is 0.119. The third-order valence-electron chi connectivity index (χ3n) is 6.19. The maximum Gasteiger partial charge on any atom is 0.363 e. The van der Waals surface area contributed by atoms with Crippen LogP contribution < -0.4 is 20.9 Å². The van der Waals surface area contributed by atoms with Crippen LogP contribution in [0.4, 0.5) is 28.8 Å². The maximum atomic E-state index is 10.4. The summed E-state index contributed by atoms with van der Waals surface area (Å²) in [5, 5.41) is 23.6. The summed E-state index contributed by atoms with van der Waals surface area (Å²) < 4.78 is 16.2. The number of nitrogens with two attached hydrogens (primary N) is 1. The smallest absolute Gasteiger partial charge is 0.363 e. The normalized spacial score (nSPS) is 16.1. The quantitative estimate of drug-likeness (QED) is 0.302. The highest BCUT2D eigenvalue weighted by molar-refractivity contribution is 9.10. The number of ether oxygens (including phenoxy) is 3. The molecule has 6 rings (SSSR count). The molecule has 0 aromatic carbocycles. The van der Waals surface area contributed by atoms with Crippen molar-refractivity contribution in [3.8, 4) is 0 Å². The second kappa shape index (κ2) is 19.3. The lowest BCUT2D eigenvalue weighted by atomic mass is 10.3. The number of pyridine rings is 3. The van der Waals surface area contributed by atoms with Gasteiger partial charge < -0.3 is 55.3 Å². The molecule has 3 N–H and O–H groups in total. The molecular weight excluding hydrogens is 642 g/mol. The van der Waals surface area contributed by atoms with Crippen LogP contribution in [0.2, 0.25) is 0 Å². The summed E-state index contributed by atoms with van der Waals surface area (Å²) in [5.74, 6) is 0.312. The first kappa shape index (κ1) is 34.5. The van der Waals surface area contributed by atoms with Gasteiger partial charge in [-0.25, -0.2) is 4.98 Å². The van der Waals surface area contributed by atoms with Crippen molar-refractivity contribution in [2.75, 3.05) is 94.4 Å². The zero-order valence-electron chi connectivity index (χ0n) is 24.1. The number of rotatable bonds is 4. The van der Waals surface area contributed by atoms with Gasteiger partial charge in [-0.05, 0) is 60.0 Å². The number of anilines is 3. The molecule has 17 heteroatoms. The van der Waals surface area contributed by atoms with Gasteiger partial charge in [0.1, 0.15) is 5.82 Å². The van der Waals surface area contributed by atoms with E-state index in [4.69, 9.17) is 19.9 Å². The van der Waals surface area contributed by atoms with Gasteiger partial charge in [-0.3, -0.25) is 0 Å². The van der Waals surface area contributed by atoms with Gasteiger partial charge in [0.25, 0.3) is 0 Å². The highest BCUT2D eigenvalue weighted by Gasteiger charge is 2.14. The number of nitrogen functional groups attached to an aromatic ring is 1. The number of nitro groups is 2. The number of aromatic nitrogens is 3. The average molecular weight is 679 g/mol. The van der Waals surface area contributed by atoms with Crippen LogP contribution in [-0.2, 0) is 14.2 Å². The van der Waals surface area contributed by atoms with E-state index in [1.165, 1.54) is 24.5 Å². The summed E-state index contributed by atoms with van der Waals surface area (Å²) >= 11 is 3.11. The zero-order valence-corrected chi connectivity index (χ0v) is 25.7. The molecule has 0 bridgehead atoms. The van der Waals surface area contributed by atoms with Crippen LogP contribution in [0, 0.1) is 20.2 Å². The van der Waals surface area contributed by atoms with Crippen molar-refractivity contribution in [2.45, 2.75) is 0 Å². The van der Waals surface area contributed by atoms with Gasteiger partial charge in [-0.1, -0.05) is 0 Å². The first-order valence-electron chi connectivity index (χ1n) is 13.8. The zero-order chi connectivity index (χ0) is 31.6. The van der Waals surface area contributed by atoms with Gasteiger partial charge in [-0.15, -0.1) is 0 Å². The Hall–Kier alpha value is -4.03. The molecule has 0 unspecified atom stereocenters. The summed E-state index contributed by atoms with van der Waals surface area (Å²) in [5.41, 5.74) is 7.53. The Labute approximate surface area is 263 Å². The Morgan fingerprint density at radius 1 is 0.682 bits per heavy atom. The third kappa shape index (κ3) is 12.7. The maximum absolute atomic E-state index is 10.4. The van der Waals surface area contributed by atoms with E-state index in [2.05, 4.69) is 46.0 Å². The van der Waals surface area contributed by atoms with Crippen molar-refractivity contribution in [1.29, 1.82) is 0 Å². The van der Waals surface area contributed by atoms with Crippen molar-refractivity contribution in [1.82, 2.24) is 20.3 Å². The van der Waals surface area contributed by atoms with E-state index in [9.17, 15) is 20.2 Å². The van der Waals surface area contributed by atoms with Crippen LogP contribution in [0.3, 0.4) is 0 Å². The third-order valence-corrected chi connectivity index (χ3v) is 6.66. The molecule has 3 saturated heterocycles.